The van der Waals surface area contributed by atoms with Crippen LogP contribution in [0.25, 0.3) is 6.08 Å². The summed E-state index contributed by atoms with van der Waals surface area (Å²) in [5.74, 6) is -2.45. The van der Waals surface area contributed by atoms with Crippen LogP contribution in [0.3, 0.4) is 0 Å². The van der Waals surface area contributed by atoms with Gasteiger partial charge in [-0.2, -0.15) is 0 Å². The van der Waals surface area contributed by atoms with E-state index in [1.165, 1.54) is 24.3 Å². The quantitative estimate of drug-likeness (QED) is 0.440. The smallest absolute Gasteiger partial charge is 0.355 e. The number of amides is 2. The van der Waals surface area contributed by atoms with Gasteiger partial charge in [0.15, 0.2) is 6.61 Å². The lowest BCUT2D eigenvalue weighted by molar-refractivity contribution is -0.144. The van der Waals surface area contributed by atoms with Gasteiger partial charge in [-0.3, -0.25) is 9.59 Å². The molecule has 1 aromatic carbocycles. The van der Waals surface area contributed by atoms with Crippen molar-refractivity contribution in [2.24, 2.45) is 0 Å². The predicted octanol–water partition coefficient (Wildman–Crippen LogP) is 3.45. The Balaban J connectivity index is 2.11. The first-order chi connectivity index (χ1) is 15.3. The molecule has 2 aromatic rings. The number of anilines is 1. The molecule has 2 N–H and O–H groups in total. The van der Waals surface area contributed by atoms with E-state index in [1.807, 2.05) is 13.0 Å². The van der Waals surface area contributed by atoms with Crippen molar-refractivity contribution < 1.29 is 28.7 Å². The monoisotopic (exact) mass is 458 g/mol. The molecular formula is C23H26N2O6S. The van der Waals surface area contributed by atoms with Crippen LogP contribution in [0, 0.1) is 6.92 Å². The van der Waals surface area contributed by atoms with Crippen molar-refractivity contribution in [3.8, 4) is 0 Å². The fourth-order valence-electron chi connectivity index (χ4n) is 2.86. The number of hydrogen-bond acceptors (Lipinski definition) is 7. The van der Waals surface area contributed by atoms with Crippen LogP contribution in [-0.2, 0) is 30.3 Å². The number of aryl methyl sites for hydroxylation is 1. The van der Waals surface area contributed by atoms with Crippen LogP contribution >= 0.6 is 11.3 Å². The highest BCUT2D eigenvalue weighted by atomic mass is 32.1. The van der Waals surface area contributed by atoms with E-state index >= 15 is 0 Å². The zero-order valence-electron chi connectivity index (χ0n) is 18.4. The molecule has 0 fully saturated rings. The first-order valence-corrected chi connectivity index (χ1v) is 10.9. The molecule has 0 saturated carbocycles. The highest BCUT2D eigenvalue weighted by Gasteiger charge is 2.23. The van der Waals surface area contributed by atoms with Crippen LogP contribution in [0.15, 0.2) is 36.0 Å². The van der Waals surface area contributed by atoms with E-state index in [-0.39, 0.29) is 12.3 Å². The molecule has 0 atom stereocenters. The van der Waals surface area contributed by atoms with Crippen molar-refractivity contribution in [3.05, 3.63) is 57.6 Å². The fourth-order valence-corrected chi connectivity index (χ4v) is 4.01. The minimum Gasteiger partial charge on any atom is -0.462 e. The molecule has 2 rings (SSSR count). The van der Waals surface area contributed by atoms with E-state index in [0.29, 0.717) is 22.5 Å². The first kappa shape index (κ1) is 24.8. The minimum atomic E-state index is -0.860. The van der Waals surface area contributed by atoms with E-state index in [9.17, 15) is 19.2 Å². The average molecular weight is 459 g/mol. The van der Waals surface area contributed by atoms with Crippen molar-refractivity contribution in [1.82, 2.24) is 5.32 Å². The number of ether oxygens (including phenoxy) is 2. The first-order valence-electron chi connectivity index (χ1n) is 10.1. The highest BCUT2D eigenvalue weighted by molar-refractivity contribution is 7.17. The van der Waals surface area contributed by atoms with Gasteiger partial charge in [-0.1, -0.05) is 37.3 Å². The standard InChI is InChI=1S/C23H26N2O6S/c1-5-18-14(3)20(23(29)30-6-2)21(32-18)25-19(27)13-31-22(28)17(24-15(4)26)12-16-10-8-7-9-11-16/h7-12H,5-6,13H2,1-4H3,(H,24,26)(H,25,27)/b17-12-. The third-order valence-corrected chi connectivity index (χ3v) is 5.63. The van der Waals surface area contributed by atoms with E-state index < -0.39 is 30.4 Å². The highest BCUT2D eigenvalue weighted by Crippen LogP contribution is 2.34. The maximum atomic E-state index is 12.4. The van der Waals surface area contributed by atoms with Gasteiger partial charge in [0, 0.05) is 11.8 Å². The number of rotatable bonds is 9. The number of esters is 2. The van der Waals surface area contributed by atoms with Gasteiger partial charge in [0.05, 0.1) is 12.2 Å². The normalized spacial score (nSPS) is 10.9. The van der Waals surface area contributed by atoms with Crippen molar-refractivity contribution in [3.63, 3.8) is 0 Å². The zero-order valence-corrected chi connectivity index (χ0v) is 19.3. The predicted molar refractivity (Wildman–Crippen MR) is 122 cm³/mol. The summed E-state index contributed by atoms with van der Waals surface area (Å²) in [6, 6.07) is 8.89. The van der Waals surface area contributed by atoms with E-state index in [0.717, 1.165) is 10.4 Å². The molecule has 32 heavy (non-hydrogen) atoms. The second-order valence-electron chi connectivity index (χ2n) is 6.70. The summed E-state index contributed by atoms with van der Waals surface area (Å²) in [5, 5.41) is 5.39. The van der Waals surface area contributed by atoms with Gasteiger partial charge in [-0.25, -0.2) is 9.59 Å². The molecule has 0 bridgehead atoms. The van der Waals surface area contributed by atoms with E-state index in [4.69, 9.17) is 9.47 Å². The largest absolute Gasteiger partial charge is 0.462 e. The molecule has 170 valence electrons. The average Bonchev–Trinajstić information content (AvgIpc) is 3.07. The van der Waals surface area contributed by atoms with Gasteiger partial charge in [0.1, 0.15) is 10.7 Å². The van der Waals surface area contributed by atoms with Gasteiger partial charge in [-0.05, 0) is 37.5 Å². The van der Waals surface area contributed by atoms with Gasteiger partial charge in [0.25, 0.3) is 5.91 Å². The van der Waals surface area contributed by atoms with Crippen molar-refractivity contribution in [1.29, 1.82) is 0 Å². The molecule has 0 spiro atoms. The third kappa shape index (κ3) is 6.78. The Hall–Kier alpha value is -3.46. The Kier molecular flexibility index (Phi) is 9.15. The van der Waals surface area contributed by atoms with Crippen LogP contribution in [-0.4, -0.2) is 37.0 Å². The second kappa shape index (κ2) is 11.8. The summed E-state index contributed by atoms with van der Waals surface area (Å²) in [5.41, 5.74) is 1.64. The Morgan fingerprint density at radius 2 is 1.75 bits per heavy atom. The number of thiophene rings is 1. The lowest BCUT2D eigenvalue weighted by Gasteiger charge is -2.10. The van der Waals surface area contributed by atoms with Crippen molar-refractivity contribution >= 4 is 46.2 Å². The summed E-state index contributed by atoms with van der Waals surface area (Å²) in [4.78, 5) is 49.6. The van der Waals surface area contributed by atoms with Crippen molar-refractivity contribution in [2.45, 2.75) is 34.1 Å². The molecule has 9 heteroatoms. The fraction of sp³-hybridized carbons (Fsp3) is 0.304. The third-order valence-electron chi connectivity index (χ3n) is 4.27. The van der Waals surface area contributed by atoms with Crippen LogP contribution in [0.5, 0.6) is 0 Å². The summed E-state index contributed by atoms with van der Waals surface area (Å²) in [6.45, 7) is 6.33. The lowest BCUT2D eigenvalue weighted by atomic mass is 10.1. The van der Waals surface area contributed by atoms with Crippen molar-refractivity contribution in [2.75, 3.05) is 18.5 Å². The van der Waals surface area contributed by atoms with Gasteiger partial charge < -0.3 is 20.1 Å². The molecule has 0 radical (unpaired) electrons. The maximum Gasteiger partial charge on any atom is 0.355 e. The molecule has 1 aromatic heterocycles. The van der Waals surface area contributed by atoms with Gasteiger partial charge in [-0.15, -0.1) is 11.3 Å². The van der Waals surface area contributed by atoms with E-state index in [1.54, 1.807) is 38.1 Å². The van der Waals surface area contributed by atoms with Gasteiger partial charge >= 0.3 is 11.9 Å². The molecule has 0 aliphatic rings. The number of nitrogens with one attached hydrogen (secondary N) is 2. The summed E-state index contributed by atoms with van der Waals surface area (Å²) in [7, 11) is 0. The Labute approximate surface area is 190 Å². The maximum absolute atomic E-state index is 12.4. The summed E-state index contributed by atoms with van der Waals surface area (Å²) >= 11 is 1.28. The molecular weight excluding hydrogens is 432 g/mol. The number of carbonyl (C=O) groups excluding carboxylic acids is 4. The Morgan fingerprint density at radius 1 is 1.06 bits per heavy atom. The molecule has 0 saturated heterocycles. The topological polar surface area (TPSA) is 111 Å². The van der Waals surface area contributed by atoms with Crippen LogP contribution < -0.4 is 10.6 Å². The SMILES string of the molecule is CCOC(=O)c1c(NC(=O)COC(=O)/C(=C/c2ccccc2)NC(C)=O)sc(CC)c1C. The molecule has 0 aliphatic heterocycles. The zero-order chi connectivity index (χ0) is 23.7. The van der Waals surface area contributed by atoms with Crippen LogP contribution in [0.2, 0.25) is 0 Å². The van der Waals surface area contributed by atoms with Gasteiger partial charge in [0.2, 0.25) is 5.91 Å². The minimum absolute atomic E-state index is 0.0936. The molecule has 8 nitrogen and oxygen atoms in total. The van der Waals surface area contributed by atoms with Crippen LogP contribution in [0.1, 0.15) is 47.1 Å². The molecule has 0 aliphatic carbocycles. The molecule has 2 amide bonds. The summed E-state index contributed by atoms with van der Waals surface area (Å²) < 4.78 is 10.2. The molecule has 1 heterocycles. The van der Waals surface area contributed by atoms with E-state index in [2.05, 4.69) is 10.6 Å². The lowest BCUT2D eigenvalue weighted by Crippen LogP contribution is -2.29. The Bertz CT molecular complexity index is 1030. The number of benzene rings is 1. The number of hydrogen-bond donors (Lipinski definition) is 2. The van der Waals surface area contributed by atoms with Crippen LogP contribution in [0.4, 0.5) is 5.00 Å². The number of carbonyl (C=O) groups is 4. The summed E-state index contributed by atoms with van der Waals surface area (Å²) in [6.07, 6.45) is 2.15. The molecule has 0 unspecified atom stereocenters. The Morgan fingerprint density at radius 3 is 2.34 bits per heavy atom. The second-order valence-corrected chi connectivity index (χ2v) is 7.81.